The molecule has 1 amide bonds. The van der Waals surface area contributed by atoms with Gasteiger partial charge in [-0.2, -0.15) is 21.6 Å². The fourth-order valence-electron chi connectivity index (χ4n) is 0.709. The molecule has 1 unspecified atom stereocenters. The predicted octanol–water partition coefficient (Wildman–Crippen LogP) is -0.313. The molecule has 1 saturated heterocycles. The largest absolute Gasteiger partial charge is 0.516 e. The molecule has 0 spiro atoms. The first-order valence-corrected chi connectivity index (χ1v) is 5.59. The Morgan fingerprint density at radius 2 is 2.00 bits per heavy atom. The number of carbonyl (C=O) groups excluding carboxylic acids is 1. The Balaban J connectivity index is 3.03. The van der Waals surface area contributed by atoms with E-state index < -0.39 is 32.8 Å². The third-order valence-electron chi connectivity index (χ3n) is 1.39. The van der Waals surface area contributed by atoms with Crippen LogP contribution in [0, 0.1) is 0 Å². The predicted molar refractivity (Wildman–Crippen MR) is 40.3 cm³/mol. The lowest BCUT2D eigenvalue weighted by Gasteiger charge is -2.16. The maximum Gasteiger partial charge on any atom is 0.516 e. The third kappa shape index (κ3) is 1.68. The van der Waals surface area contributed by atoms with Crippen molar-refractivity contribution in [3.05, 3.63) is 0 Å². The summed E-state index contributed by atoms with van der Waals surface area (Å²) in [5.41, 5.74) is -7.26. The van der Waals surface area contributed by atoms with E-state index >= 15 is 0 Å². The number of halogens is 3. The molecule has 0 bridgehead atoms. The van der Waals surface area contributed by atoms with E-state index in [-0.39, 0.29) is 4.31 Å². The van der Waals surface area contributed by atoms with Crippen LogP contribution in [-0.4, -0.2) is 40.6 Å². The van der Waals surface area contributed by atoms with Gasteiger partial charge in [0.2, 0.25) is 0 Å². The second-order valence-corrected chi connectivity index (χ2v) is 5.18. The lowest BCUT2D eigenvalue weighted by atomic mass is 10.7. The Kier molecular flexibility index (Phi) is 2.71. The molecule has 0 aromatic heterocycles. The van der Waals surface area contributed by atoms with E-state index in [4.69, 9.17) is 5.11 Å². The lowest BCUT2D eigenvalue weighted by molar-refractivity contribution is -0.130. The van der Waals surface area contributed by atoms with Gasteiger partial charge in [0.1, 0.15) is 0 Å². The summed E-state index contributed by atoms with van der Waals surface area (Å²) in [6, 6.07) is 0. The average molecular weight is 251 g/mol. The highest BCUT2D eigenvalue weighted by Gasteiger charge is 2.54. The van der Waals surface area contributed by atoms with Gasteiger partial charge in [0.25, 0.3) is 5.91 Å². The van der Waals surface area contributed by atoms with Crippen LogP contribution in [0.3, 0.4) is 0 Å². The molecular weight excluding hydrogens is 247 g/mol. The van der Waals surface area contributed by atoms with Crippen molar-refractivity contribution >= 4 is 27.7 Å². The van der Waals surface area contributed by atoms with E-state index in [2.05, 4.69) is 0 Å². The van der Waals surface area contributed by atoms with Gasteiger partial charge in [0.15, 0.2) is 5.44 Å². The maximum absolute atomic E-state index is 11.9. The van der Waals surface area contributed by atoms with Gasteiger partial charge >= 0.3 is 15.5 Å². The quantitative estimate of drug-likeness (QED) is 0.691. The topological polar surface area (TPSA) is 74.7 Å². The molecule has 1 atom stereocenters. The molecule has 14 heavy (non-hydrogen) atoms. The van der Waals surface area contributed by atoms with Crippen LogP contribution in [0.1, 0.15) is 0 Å². The van der Waals surface area contributed by atoms with Crippen molar-refractivity contribution in [1.82, 2.24) is 4.31 Å². The van der Waals surface area contributed by atoms with Crippen molar-refractivity contribution in [3.8, 4) is 0 Å². The second kappa shape index (κ2) is 3.28. The van der Waals surface area contributed by atoms with Crippen molar-refractivity contribution in [2.75, 3.05) is 5.88 Å². The summed E-state index contributed by atoms with van der Waals surface area (Å²) in [6.45, 7) is 0. The van der Waals surface area contributed by atoms with Gasteiger partial charge in [-0.3, -0.25) is 4.79 Å². The first kappa shape index (κ1) is 11.6. The number of carbonyl (C=O) groups is 1. The minimum absolute atomic E-state index is 0.387. The zero-order chi connectivity index (χ0) is 11.1. The highest BCUT2D eigenvalue weighted by atomic mass is 32.2. The average Bonchev–Trinajstić information content (AvgIpc) is 2.30. The summed E-state index contributed by atoms with van der Waals surface area (Å²) in [4.78, 5) is 10.8. The molecule has 0 aromatic rings. The molecule has 1 rings (SSSR count). The number of hydrogen-bond acceptors (Lipinski definition) is 5. The zero-order valence-corrected chi connectivity index (χ0v) is 7.99. The zero-order valence-electron chi connectivity index (χ0n) is 6.35. The first-order chi connectivity index (χ1) is 6.18. The number of nitrogens with zero attached hydrogens (tertiary/aromatic N) is 1. The van der Waals surface area contributed by atoms with Crippen LogP contribution in [0.2, 0.25) is 0 Å². The normalized spacial score (nSPS) is 24.4. The minimum atomic E-state index is -5.66. The van der Waals surface area contributed by atoms with Crippen LogP contribution < -0.4 is 0 Å². The van der Waals surface area contributed by atoms with Crippen LogP contribution >= 0.6 is 11.8 Å². The van der Waals surface area contributed by atoms with Gasteiger partial charge in [-0.15, -0.1) is 0 Å². The number of aliphatic hydroxyl groups excluding tert-OH is 1. The molecule has 0 aromatic carbocycles. The van der Waals surface area contributed by atoms with Crippen molar-refractivity contribution in [2.45, 2.75) is 10.9 Å². The minimum Gasteiger partial charge on any atom is -0.373 e. The van der Waals surface area contributed by atoms with Gasteiger partial charge in [-0.25, -0.2) is 4.31 Å². The lowest BCUT2D eigenvalue weighted by Crippen LogP contribution is -2.42. The SMILES string of the molecule is O=C1C(O)SCN1S(=O)(=O)C(F)(F)F. The van der Waals surface area contributed by atoms with Gasteiger partial charge in [-0.05, 0) is 0 Å². The van der Waals surface area contributed by atoms with E-state index in [1.807, 2.05) is 0 Å². The number of amides is 1. The molecule has 1 aliphatic heterocycles. The number of rotatable bonds is 1. The van der Waals surface area contributed by atoms with Crippen molar-refractivity contribution in [1.29, 1.82) is 0 Å². The van der Waals surface area contributed by atoms with Crippen molar-refractivity contribution in [2.24, 2.45) is 0 Å². The molecule has 1 heterocycles. The fourth-order valence-corrected chi connectivity index (χ4v) is 2.77. The monoisotopic (exact) mass is 251 g/mol. The number of hydrogen-bond donors (Lipinski definition) is 1. The standard InChI is InChI=1S/C4H4F3NO4S2/c5-4(6,7)14(11,12)8-1-13-3(10)2(8)9/h3,10H,1H2. The number of aliphatic hydroxyl groups is 1. The molecule has 1 fully saturated rings. The Morgan fingerprint density at radius 3 is 2.29 bits per heavy atom. The van der Waals surface area contributed by atoms with E-state index in [0.717, 1.165) is 0 Å². The van der Waals surface area contributed by atoms with Crippen LogP contribution in [0.4, 0.5) is 13.2 Å². The van der Waals surface area contributed by atoms with Crippen molar-refractivity contribution < 1.29 is 31.5 Å². The second-order valence-electron chi connectivity index (χ2n) is 2.29. The summed E-state index contributed by atoms with van der Waals surface area (Å²) < 4.78 is 56.7. The Labute approximate surface area is 80.9 Å². The van der Waals surface area contributed by atoms with Crippen LogP contribution in [0.25, 0.3) is 0 Å². The Hall–Kier alpha value is -0.480. The first-order valence-electron chi connectivity index (χ1n) is 3.10. The summed E-state index contributed by atoms with van der Waals surface area (Å²) in [7, 11) is -5.66. The molecule has 1 aliphatic rings. The summed E-state index contributed by atoms with van der Waals surface area (Å²) in [5, 5.41) is 8.74. The fraction of sp³-hybridized carbons (Fsp3) is 0.750. The van der Waals surface area contributed by atoms with Gasteiger partial charge in [0.05, 0.1) is 5.88 Å². The number of thioether (sulfide) groups is 1. The Bertz CT molecular complexity index is 350. The molecule has 82 valence electrons. The number of sulfonamides is 1. The molecule has 0 saturated carbocycles. The molecule has 1 N–H and O–H groups in total. The van der Waals surface area contributed by atoms with Gasteiger partial charge in [-0.1, -0.05) is 11.8 Å². The van der Waals surface area contributed by atoms with E-state index in [1.54, 1.807) is 0 Å². The smallest absolute Gasteiger partial charge is 0.373 e. The van der Waals surface area contributed by atoms with Crippen LogP contribution in [0.5, 0.6) is 0 Å². The van der Waals surface area contributed by atoms with Crippen molar-refractivity contribution in [3.63, 3.8) is 0 Å². The van der Waals surface area contributed by atoms with Crippen LogP contribution in [0.15, 0.2) is 0 Å². The summed E-state index contributed by atoms with van der Waals surface area (Å²) >= 11 is 0.409. The highest BCUT2D eigenvalue weighted by molar-refractivity contribution is 8.02. The summed E-state index contributed by atoms with van der Waals surface area (Å²) in [6.07, 6.45) is 0. The molecule has 0 aliphatic carbocycles. The van der Waals surface area contributed by atoms with Crippen LogP contribution in [-0.2, 0) is 14.8 Å². The number of alkyl halides is 3. The molecular formula is C4H4F3NO4S2. The third-order valence-corrected chi connectivity index (χ3v) is 3.95. The maximum atomic E-state index is 11.9. The summed E-state index contributed by atoms with van der Waals surface area (Å²) in [5.74, 6) is -2.19. The molecule has 10 heteroatoms. The van der Waals surface area contributed by atoms with E-state index in [9.17, 15) is 26.4 Å². The van der Waals surface area contributed by atoms with E-state index in [0.29, 0.717) is 11.8 Å². The van der Waals surface area contributed by atoms with Gasteiger partial charge < -0.3 is 5.11 Å². The van der Waals surface area contributed by atoms with E-state index in [1.165, 1.54) is 0 Å². The molecule has 5 nitrogen and oxygen atoms in total. The Morgan fingerprint density at radius 1 is 1.50 bits per heavy atom. The van der Waals surface area contributed by atoms with Gasteiger partial charge in [0, 0.05) is 0 Å². The highest BCUT2D eigenvalue weighted by Crippen LogP contribution is 2.33. The molecule has 0 radical (unpaired) electrons.